The Morgan fingerprint density at radius 3 is 2.58 bits per heavy atom. The molecule has 0 amide bonds. The lowest BCUT2D eigenvalue weighted by atomic mass is 10.0. The summed E-state index contributed by atoms with van der Waals surface area (Å²) in [6.07, 6.45) is -0.635. The maximum Gasteiger partial charge on any atom is 0.330 e. The fourth-order valence-corrected chi connectivity index (χ4v) is 3.62. The number of aliphatic hydroxyl groups excluding tert-OH is 1. The summed E-state index contributed by atoms with van der Waals surface area (Å²) in [5, 5.41) is 10.1. The number of H-pyrrole nitrogens is 1. The molecular weight excluding hydrogens is 372 g/mol. The fraction of sp³-hybridized carbons (Fsp3) is 0.714. The summed E-state index contributed by atoms with van der Waals surface area (Å²) in [6, 6.07) is 1.10. The van der Waals surface area contributed by atoms with Gasteiger partial charge < -0.3 is 19.3 Å². The van der Waals surface area contributed by atoms with Gasteiger partial charge in [0, 0.05) is 12.3 Å². The molecule has 2 aliphatic rings. The molecule has 0 unspecified atom stereocenters. The van der Waals surface area contributed by atoms with Crippen molar-refractivity contribution in [2.75, 3.05) is 19.5 Å². The van der Waals surface area contributed by atoms with Gasteiger partial charge in [-0.05, 0) is 13.8 Å². The van der Waals surface area contributed by atoms with Gasteiger partial charge in [0.15, 0.2) is 5.79 Å². The van der Waals surface area contributed by atoms with E-state index >= 15 is 0 Å². The van der Waals surface area contributed by atoms with Gasteiger partial charge in [-0.25, -0.2) is 4.79 Å². The average Bonchev–Trinajstić information content (AvgIpc) is 2.97. The number of hydrogen-bond donors (Lipinski definition) is 2. The van der Waals surface area contributed by atoms with Gasteiger partial charge >= 0.3 is 5.69 Å². The lowest BCUT2D eigenvalue weighted by molar-refractivity contribution is -0.243. The Bertz CT molecular complexity index is 905. The van der Waals surface area contributed by atoms with Crippen molar-refractivity contribution >= 4 is 10.1 Å². The van der Waals surface area contributed by atoms with Crippen LogP contribution in [0.5, 0.6) is 0 Å². The molecule has 2 saturated heterocycles. The molecule has 26 heavy (non-hydrogen) atoms. The van der Waals surface area contributed by atoms with E-state index in [0.717, 1.165) is 16.9 Å². The summed E-state index contributed by atoms with van der Waals surface area (Å²) >= 11 is 0. The lowest BCUT2D eigenvalue weighted by Crippen LogP contribution is -2.54. The Morgan fingerprint density at radius 1 is 1.31 bits per heavy atom. The predicted molar refractivity (Wildman–Crippen MR) is 85.9 cm³/mol. The van der Waals surface area contributed by atoms with E-state index in [0.29, 0.717) is 0 Å². The van der Waals surface area contributed by atoms with Gasteiger partial charge in [0.2, 0.25) is 5.72 Å². The van der Waals surface area contributed by atoms with Gasteiger partial charge in [0.1, 0.15) is 18.3 Å². The van der Waals surface area contributed by atoms with Crippen LogP contribution in [0.25, 0.3) is 0 Å². The highest BCUT2D eigenvalue weighted by atomic mass is 32.2. The van der Waals surface area contributed by atoms with Crippen molar-refractivity contribution in [3.63, 3.8) is 0 Å². The van der Waals surface area contributed by atoms with Crippen molar-refractivity contribution in [1.82, 2.24) is 9.55 Å². The second kappa shape index (κ2) is 6.25. The monoisotopic (exact) mass is 392 g/mol. The second-order valence-corrected chi connectivity index (χ2v) is 8.29. The summed E-state index contributed by atoms with van der Waals surface area (Å²) in [5.74, 6) is -1.06. The molecule has 1 aromatic rings. The third kappa shape index (κ3) is 3.35. The molecule has 0 bridgehead atoms. The molecule has 0 spiro atoms. The van der Waals surface area contributed by atoms with Crippen molar-refractivity contribution in [2.24, 2.45) is 0 Å². The van der Waals surface area contributed by atoms with Crippen molar-refractivity contribution in [1.29, 1.82) is 0 Å². The van der Waals surface area contributed by atoms with Crippen molar-refractivity contribution in [3.8, 4) is 0 Å². The van der Waals surface area contributed by atoms with Crippen LogP contribution in [0, 0.1) is 0 Å². The number of ether oxygens (including phenoxy) is 3. The molecule has 4 atom stereocenters. The minimum atomic E-state index is -3.75. The Kier molecular flexibility index (Phi) is 4.61. The number of aromatic amines is 1. The van der Waals surface area contributed by atoms with Gasteiger partial charge in [-0.15, -0.1) is 0 Å². The van der Waals surface area contributed by atoms with Gasteiger partial charge in [0.05, 0.1) is 19.5 Å². The normalized spacial score (nSPS) is 33.3. The van der Waals surface area contributed by atoms with Crippen LogP contribution in [-0.4, -0.2) is 66.6 Å². The van der Waals surface area contributed by atoms with Crippen LogP contribution in [-0.2, 0) is 34.2 Å². The topological polar surface area (TPSA) is 146 Å². The molecule has 2 fully saturated rings. The Balaban J connectivity index is 2.04. The Hall–Kier alpha value is -1.57. The van der Waals surface area contributed by atoms with E-state index in [-0.39, 0.29) is 6.61 Å². The second-order valence-electron chi connectivity index (χ2n) is 6.65. The van der Waals surface area contributed by atoms with Crippen LogP contribution < -0.4 is 11.2 Å². The van der Waals surface area contributed by atoms with Crippen LogP contribution >= 0.6 is 0 Å². The minimum Gasteiger partial charge on any atom is -0.391 e. The molecule has 0 aromatic carbocycles. The standard InChI is InChI=1S/C14H20N2O9S/c1-13(2)24-10-8(6-22-26(3,20)21)23-14(7-17,11(10)25-13)16-5-4-9(18)15-12(16)19/h4-5,8,10-11,17H,6-7H2,1-3H3,(H,15,18,19)/t8-,10-,11-,14-/m1/s1. The number of aliphatic hydroxyl groups is 1. The highest BCUT2D eigenvalue weighted by molar-refractivity contribution is 7.85. The smallest absolute Gasteiger partial charge is 0.330 e. The number of hydrogen-bond acceptors (Lipinski definition) is 9. The fourth-order valence-electron chi connectivity index (χ4n) is 3.24. The summed E-state index contributed by atoms with van der Waals surface area (Å²) in [6.45, 7) is 2.20. The summed E-state index contributed by atoms with van der Waals surface area (Å²) < 4.78 is 45.8. The molecule has 3 heterocycles. The molecule has 3 rings (SSSR count). The summed E-state index contributed by atoms with van der Waals surface area (Å²) in [4.78, 5) is 25.7. The molecule has 2 aliphatic heterocycles. The number of rotatable bonds is 5. The molecule has 146 valence electrons. The third-order valence-electron chi connectivity index (χ3n) is 4.20. The summed E-state index contributed by atoms with van der Waals surface area (Å²) in [5.41, 5.74) is -3.15. The highest BCUT2D eigenvalue weighted by Gasteiger charge is 2.64. The number of fused-ring (bicyclic) bond motifs is 1. The van der Waals surface area contributed by atoms with E-state index in [1.165, 1.54) is 6.20 Å². The van der Waals surface area contributed by atoms with Crippen LogP contribution in [0.15, 0.2) is 21.9 Å². The maximum atomic E-state index is 12.3. The minimum absolute atomic E-state index is 0.390. The molecule has 11 nitrogen and oxygen atoms in total. The number of nitrogens with zero attached hydrogens (tertiary/aromatic N) is 1. The zero-order valence-electron chi connectivity index (χ0n) is 14.4. The first kappa shape index (κ1) is 19.2. The average molecular weight is 392 g/mol. The van der Waals surface area contributed by atoms with Gasteiger partial charge in [0.25, 0.3) is 15.7 Å². The van der Waals surface area contributed by atoms with Gasteiger partial charge in [-0.1, -0.05) is 0 Å². The molecule has 0 aliphatic carbocycles. The van der Waals surface area contributed by atoms with E-state index in [1.54, 1.807) is 13.8 Å². The molecule has 1 aromatic heterocycles. The largest absolute Gasteiger partial charge is 0.391 e. The zero-order chi connectivity index (χ0) is 19.3. The van der Waals surface area contributed by atoms with Crippen molar-refractivity contribution < 1.29 is 31.9 Å². The van der Waals surface area contributed by atoms with E-state index in [1.807, 2.05) is 0 Å². The van der Waals surface area contributed by atoms with Gasteiger partial charge in [-0.3, -0.25) is 18.5 Å². The zero-order valence-corrected chi connectivity index (χ0v) is 15.2. The van der Waals surface area contributed by atoms with Crippen LogP contribution in [0.2, 0.25) is 0 Å². The predicted octanol–water partition coefficient (Wildman–Crippen LogP) is -1.92. The van der Waals surface area contributed by atoms with Crippen LogP contribution in [0.4, 0.5) is 0 Å². The third-order valence-corrected chi connectivity index (χ3v) is 4.76. The van der Waals surface area contributed by atoms with Crippen molar-refractivity contribution in [2.45, 2.75) is 43.7 Å². The Morgan fingerprint density at radius 2 is 2.00 bits per heavy atom. The van der Waals surface area contributed by atoms with E-state index in [2.05, 4.69) is 4.98 Å². The Labute approximate surface area is 148 Å². The van der Waals surface area contributed by atoms with Gasteiger partial charge in [-0.2, -0.15) is 8.42 Å². The number of aromatic nitrogens is 2. The quantitative estimate of drug-likeness (QED) is 0.547. The van der Waals surface area contributed by atoms with E-state index in [4.69, 9.17) is 18.4 Å². The first-order valence-electron chi connectivity index (χ1n) is 7.79. The maximum absolute atomic E-state index is 12.3. The number of nitrogens with one attached hydrogen (secondary N) is 1. The molecule has 0 radical (unpaired) electrons. The molecule has 12 heteroatoms. The van der Waals surface area contributed by atoms with E-state index in [9.17, 15) is 23.1 Å². The first-order valence-corrected chi connectivity index (χ1v) is 9.60. The van der Waals surface area contributed by atoms with Crippen LogP contribution in [0.1, 0.15) is 13.8 Å². The lowest BCUT2D eigenvalue weighted by Gasteiger charge is -2.34. The SMILES string of the molecule is CC1(C)O[C@H]2[C@@H](O1)[C@](CO)(n1ccc(=O)[nH]c1=O)O[C@@H]2COS(C)(=O)=O. The van der Waals surface area contributed by atoms with Crippen LogP contribution in [0.3, 0.4) is 0 Å². The molecule has 2 N–H and O–H groups in total. The van der Waals surface area contributed by atoms with Crippen molar-refractivity contribution in [3.05, 3.63) is 33.1 Å². The van der Waals surface area contributed by atoms with E-state index < -0.39 is 57.8 Å². The molecule has 0 saturated carbocycles. The molecular formula is C14H20N2O9S. The first-order chi connectivity index (χ1) is 12.0. The summed E-state index contributed by atoms with van der Waals surface area (Å²) in [7, 11) is -3.75. The highest BCUT2D eigenvalue weighted by Crippen LogP contribution is 2.46.